The van der Waals surface area contributed by atoms with Gasteiger partial charge in [0.2, 0.25) is 5.91 Å². The number of carbonyl (C=O) groups excluding carboxylic acids is 1. The van der Waals surface area contributed by atoms with Crippen LogP contribution in [0, 0.1) is 12.8 Å². The molecule has 2 rings (SSSR count). The third-order valence-electron chi connectivity index (χ3n) is 3.73. The molecule has 0 radical (unpaired) electrons. The Bertz CT molecular complexity index is 444. The summed E-state index contributed by atoms with van der Waals surface area (Å²) in [6, 6.07) is 2.12. The average molecular weight is 266 g/mol. The van der Waals surface area contributed by atoms with Gasteiger partial charge in [-0.1, -0.05) is 0 Å². The molecule has 1 N–H and O–H groups in total. The van der Waals surface area contributed by atoms with Crippen molar-refractivity contribution < 1.29 is 9.90 Å². The van der Waals surface area contributed by atoms with E-state index in [0.717, 1.165) is 5.69 Å². The standard InChI is InChI=1S/C13H22N4O2/c1-10-4-5-17(14-10)8-13(19)16-6-11(9-18)12(7-16)15(2)3/h4-5,11-12,18H,6-9H2,1-3H3/t11-,12+/m0/s1. The average Bonchev–Trinajstić information content (AvgIpc) is 2.95. The predicted molar refractivity (Wildman–Crippen MR) is 71.6 cm³/mol. The maximum atomic E-state index is 12.2. The van der Waals surface area contributed by atoms with E-state index in [9.17, 15) is 9.90 Å². The molecule has 0 aromatic carbocycles. The number of amides is 1. The van der Waals surface area contributed by atoms with Gasteiger partial charge in [0.05, 0.1) is 5.69 Å². The highest BCUT2D eigenvalue weighted by Crippen LogP contribution is 2.20. The van der Waals surface area contributed by atoms with Crippen molar-refractivity contribution in [3.05, 3.63) is 18.0 Å². The van der Waals surface area contributed by atoms with Gasteiger partial charge >= 0.3 is 0 Å². The monoisotopic (exact) mass is 266 g/mol. The molecule has 1 aliphatic rings. The first kappa shape index (κ1) is 14.0. The third kappa shape index (κ3) is 3.13. The molecular formula is C13H22N4O2. The van der Waals surface area contributed by atoms with Crippen molar-refractivity contribution in [1.29, 1.82) is 0 Å². The molecule has 6 heteroatoms. The Morgan fingerprint density at radius 2 is 2.26 bits per heavy atom. The smallest absolute Gasteiger partial charge is 0.244 e. The largest absolute Gasteiger partial charge is 0.396 e. The molecule has 0 unspecified atom stereocenters. The van der Waals surface area contributed by atoms with Crippen LogP contribution in [0.15, 0.2) is 12.3 Å². The summed E-state index contributed by atoms with van der Waals surface area (Å²) in [7, 11) is 3.97. The van der Waals surface area contributed by atoms with Crippen molar-refractivity contribution in [2.45, 2.75) is 19.5 Å². The normalized spacial score (nSPS) is 23.3. The molecule has 6 nitrogen and oxygen atoms in total. The lowest BCUT2D eigenvalue weighted by Crippen LogP contribution is -2.37. The van der Waals surface area contributed by atoms with E-state index in [1.54, 1.807) is 4.68 Å². The number of carbonyl (C=O) groups is 1. The molecule has 1 aromatic rings. The van der Waals surface area contributed by atoms with Crippen LogP contribution in [0.5, 0.6) is 0 Å². The zero-order valence-corrected chi connectivity index (χ0v) is 11.8. The van der Waals surface area contributed by atoms with Gasteiger partial charge in [-0.3, -0.25) is 9.48 Å². The molecule has 0 spiro atoms. The van der Waals surface area contributed by atoms with Gasteiger partial charge in [0.1, 0.15) is 6.54 Å². The molecular weight excluding hydrogens is 244 g/mol. The minimum absolute atomic E-state index is 0.0610. The Hall–Kier alpha value is -1.40. The lowest BCUT2D eigenvalue weighted by atomic mass is 10.0. The molecule has 1 amide bonds. The summed E-state index contributed by atoms with van der Waals surface area (Å²) in [5.74, 6) is 0.198. The van der Waals surface area contributed by atoms with Crippen LogP contribution in [0.3, 0.4) is 0 Å². The van der Waals surface area contributed by atoms with Crippen molar-refractivity contribution in [1.82, 2.24) is 19.6 Å². The lowest BCUT2D eigenvalue weighted by Gasteiger charge is -2.23. The van der Waals surface area contributed by atoms with Crippen LogP contribution in [-0.4, -0.2) is 70.4 Å². The molecule has 1 aliphatic heterocycles. The number of hydrogen-bond donors (Lipinski definition) is 1. The highest BCUT2D eigenvalue weighted by atomic mass is 16.3. The first-order valence-corrected chi connectivity index (χ1v) is 6.56. The van der Waals surface area contributed by atoms with Crippen molar-refractivity contribution in [3.8, 4) is 0 Å². The van der Waals surface area contributed by atoms with Gasteiger partial charge in [-0.2, -0.15) is 5.10 Å². The number of aromatic nitrogens is 2. The molecule has 2 atom stereocenters. The van der Waals surface area contributed by atoms with Gasteiger partial charge in [-0.15, -0.1) is 0 Å². The van der Waals surface area contributed by atoms with Crippen LogP contribution in [0.4, 0.5) is 0 Å². The van der Waals surface area contributed by atoms with Crippen LogP contribution in [0.2, 0.25) is 0 Å². The molecule has 0 saturated carbocycles. The Morgan fingerprint density at radius 1 is 1.53 bits per heavy atom. The number of aryl methyl sites for hydroxylation is 1. The van der Waals surface area contributed by atoms with Crippen LogP contribution in [0.25, 0.3) is 0 Å². The summed E-state index contributed by atoms with van der Waals surface area (Å²) >= 11 is 0. The highest BCUT2D eigenvalue weighted by Gasteiger charge is 2.35. The second kappa shape index (κ2) is 5.71. The number of likely N-dealkylation sites (tertiary alicyclic amines) is 1. The topological polar surface area (TPSA) is 61.6 Å². The zero-order valence-electron chi connectivity index (χ0n) is 11.8. The van der Waals surface area contributed by atoms with E-state index in [4.69, 9.17) is 0 Å². The van der Waals surface area contributed by atoms with E-state index in [-0.39, 0.29) is 31.0 Å². The Labute approximate surface area is 113 Å². The number of rotatable bonds is 4. The van der Waals surface area contributed by atoms with Gasteiger partial charge in [0, 0.05) is 37.9 Å². The van der Waals surface area contributed by atoms with E-state index < -0.39 is 0 Å². The first-order valence-electron chi connectivity index (χ1n) is 6.56. The second-order valence-corrected chi connectivity index (χ2v) is 5.43. The quantitative estimate of drug-likeness (QED) is 0.803. The molecule has 2 heterocycles. The molecule has 1 saturated heterocycles. The fourth-order valence-electron chi connectivity index (χ4n) is 2.61. The van der Waals surface area contributed by atoms with Gasteiger partial charge < -0.3 is 14.9 Å². The minimum Gasteiger partial charge on any atom is -0.396 e. The summed E-state index contributed by atoms with van der Waals surface area (Å²) in [5.41, 5.74) is 0.911. The molecule has 0 bridgehead atoms. The van der Waals surface area contributed by atoms with E-state index in [1.807, 2.05) is 38.2 Å². The maximum Gasteiger partial charge on any atom is 0.244 e. The van der Waals surface area contributed by atoms with Crippen LogP contribution in [-0.2, 0) is 11.3 Å². The summed E-state index contributed by atoms with van der Waals surface area (Å²) in [4.78, 5) is 16.1. The number of hydrogen-bond acceptors (Lipinski definition) is 4. The summed E-state index contributed by atoms with van der Waals surface area (Å²) in [6.07, 6.45) is 1.82. The highest BCUT2D eigenvalue weighted by molar-refractivity contribution is 5.76. The Kier molecular flexibility index (Phi) is 4.21. The molecule has 1 fully saturated rings. The van der Waals surface area contributed by atoms with Gasteiger partial charge in [-0.25, -0.2) is 0 Å². The lowest BCUT2D eigenvalue weighted by molar-refractivity contribution is -0.131. The zero-order chi connectivity index (χ0) is 14.0. The van der Waals surface area contributed by atoms with Crippen molar-refractivity contribution in [2.24, 2.45) is 5.92 Å². The SMILES string of the molecule is Cc1ccn(CC(=O)N2C[C@@H](CO)[C@H](N(C)C)C2)n1. The number of nitrogens with zero attached hydrogens (tertiary/aromatic N) is 4. The van der Waals surface area contributed by atoms with Crippen LogP contribution in [0.1, 0.15) is 5.69 Å². The van der Waals surface area contributed by atoms with E-state index in [1.165, 1.54) is 0 Å². The van der Waals surface area contributed by atoms with E-state index in [0.29, 0.717) is 13.1 Å². The van der Waals surface area contributed by atoms with Crippen molar-refractivity contribution in [3.63, 3.8) is 0 Å². The molecule has 0 aliphatic carbocycles. The Morgan fingerprint density at radius 3 is 2.74 bits per heavy atom. The molecule has 1 aromatic heterocycles. The van der Waals surface area contributed by atoms with Crippen LogP contribution < -0.4 is 0 Å². The van der Waals surface area contributed by atoms with Crippen molar-refractivity contribution >= 4 is 5.91 Å². The Balaban J connectivity index is 1.97. The van der Waals surface area contributed by atoms with Gasteiger partial charge in [0.15, 0.2) is 0 Å². The number of likely N-dealkylation sites (N-methyl/N-ethyl adjacent to an activating group) is 1. The fraction of sp³-hybridized carbons (Fsp3) is 0.692. The minimum atomic E-state index is 0.0610. The predicted octanol–water partition coefficient (Wildman–Crippen LogP) is -0.428. The van der Waals surface area contributed by atoms with Gasteiger partial charge in [0.25, 0.3) is 0 Å². The van der Waals surface area contributed by atoms with E-state index in [2.05, 4.69) is 10.00 Å². The fourth-order valence-corrected chi connectivity index (χ4v) is 2.61. The number of aliphatic hydroxyl groups is 1. The third-order valence-corrected chi connectivity index (χ3v) is 3.73. The molecule has 19 heavy (non-hydrogen) atoms. The first-order chi connectivity index (χ1) is 9.01. The van der Waals surface area contributed by atoms with E-state index >= 15 is 0 Å². The summed E-state index contributed by atoms with van der Waals surface area (Å²) < 4.78 is 1.66. The number of aliphatic hydroxyl groups excluding tert-OH is 1. The second-order valence-electron chi connectivity index (χ2n) is 5.43. The molecule has 106 valence electrons. The van der Waals surface area contributed by atoms with Crippen molar-refractivity contribution in [2.75, 3.05) is 33.8 Å². The van der Waals surface area contributed by atoms with Crippen LogP contribution >= 0.6 is 0 Å². The summed E-state index contributed by atoms with van der Waals surface area (Å²) in [5, 5.41) is 13.6. The maximum absolute atomic E-state index is 12.2. The van der Waals surface area contributed by atoms with Gasteiger partial charge in [-0.05, 0) is 27.1 Å². The summed E-state index contributed by atoms with van der Waals surface area (Å²) in [6.45, 7) is 3.59.